The summed E-state index contributed by atoms with van der Waals surface area (Å²) >= 11 is 0. The number of amides is 2. The Balaban J connectivity index is 2.76. The first kappa shape index (κ1) is 15.9. The molecule has 6 nitrogen and oxygen atoms in total. The molecule has 1 atom stereocenters. The highest BCUT2D eigenvalue weighted by atomic mass is 19.1. The van der Waals surface area contributed by atoms with Gasteiger partial charge in [0.2, 0.25) is 11.8 Å². The molecule has 0 spiro atoms. The number of aliphatic imine (C=N–C) groups is 1. The second kappa shape index (κ2) is 4.79. The number of carbonyl (C=O) groups is 2. The van der Waals surface area contributed by atoms with Crippen molar-refractivity contribution in [3.63, 3.8) is 0 Å². The van der Waals surface area contributed by atoms with Crippen molar-refractivity contribution in [1.82, 2.24) is 4.90 Å². The highest BCUT2D eigenvalue weighted by Crippen LogP contribution is 2.47. The third-order valence-electron chi connectivity index (χ3n) is 4.51. The largest absolute Gasteiger partial charge is 0.369 e. The minimum Gasteiger partial charge on any atom is -0.369 e. The minimum atomic E-state index is -1.25. The molecule has 0 fully saturated rings. The van der Waals surface area contributed by atoms with Gasteiger partial charge in [-0.25, -0.2) is 9.38 Å². The van der Waals surface area contributed by atoms with Gasteiger partial charge >= 0.3 is 0 Å². The molecule has 118 valence electrons. The smallest absolute Gasteiger partial charge is 0.248 e. The van der Waals surface area contributed by atoms with Crippen LogP contribution in [-0.2, 0) is 10.3 Å². The normalized spacial score (nSPS) is 24.1. The Hall–Kier alpha value is -2.44. The van der Waals surface area contributed by atoms with Crippen molar-refractivity contribution in [3.05, 3.63) is 35.1 Å². The lowest BCUT2D eigenvalue weighted by molar-refractivity contribution is -0.140. The minimum absolute atomic E-state index is 0.00398. The topological polar surface area (TPSA) is 102 Å². The number of nitrogens with zero attached hydrogens (tertiary/aromatic N) is 2. The number of hydrogen-bond donors (Lipinski definition) is 2. The maximum Gasteiger partial charge on any atom is 0.248 e. The summed E-state index contributed by atoms with van der Waals surface area (Å²) < 4.78 is 14.4. The van der Waals surface area contributed by atoms with Gasteiger partial charge < -0.3 is 11.5 Å². The zero-order valence-electron chi connectivity index (χ0n) is 13.0. The van der Waals surface area contributed by atoms with Crippen molar-refractivity contribution in [3.8, 4) is 0 Å². The molecule has 4 N–H and O–H groups in total. The number of primary amides is 1. The van der Waals surface area contributed by atoms with Crippen molar-refractivity contribution >= 4 is 17.8 Å². The van der Waals surface area contributed by atoms with Crippen LogP contribution in [0.5, 0.6) is 0 Å². The molecule has 1 aromatic carbocycles. The summed E-state index contributed by atoms with van der Waals surface area (Å²) in [5.41, 5.74) is 8.99. The van der Waals surface area contributed by atoms with Crippen LogP contribution in [0.25, 0.3) is 0 Å². The van der Waals surface area contributed by atoms with Crippen molar-refractivity contribution < 1.29 is 14.0 Å². The Kier molecular flexibility index (Phi) is 3.47. The van der Waals surface area contributed by atoms with Crippen LogP contribution in [0.15, 0.2) is 23.2 Å². The first-order valence-electron chi connectivity index (χ1n) is 6.75. The SMILES string of the molecule is CN1C(=O)C(C)(C)[C@](C)(c2cc(C(N)=O)ccc2F)N=C1N. The van der Waals surface area contributed by atoms with Gasteiger partial charge in [-0.1, -0.05) is 0 Å². The highest BCUT2D eigenvalue weighted by molar-refractivity contribution is 6.01. The van der Waals surface area contributed by atoms with Gasteiger partial charge in [-0.3, -0.25) is 14.5 Å². The van der Waals surface area contributed by atoms with Gasteiger partial charge in [0.05, 0.1) is 5.41 Å². The lowest BCUT2D eigenvalue weighted by Crippen LogP contribution is -2.58. The van der Waals surface area contributed by atoms with Crippen LogP contribution in [0.4, 0.5) is 4.39 Å². The monoisotopic (exact) mass is 306 g/mol. The van der Waals surface area contributed by atoms with Gasteiger partial charge in [0, 0.05) is 18.2 Å². The second-order valence-corrected chi connectivity index (χ2v) is 6.09. The fourth-order valence-electron chi connectivity index (χ4n) is 2.62. The second-order valence-electron chi connectivity index (χ2n) is 6.09. The number of halogens is 1. The first-order chi connectivity index (χ1) is 10.0. The quantitative estimate of drug-likeness (QED) is 0.850. The van der Waals surface area contributed by atoms with Gasteiger partial charge in [-0.15, -0.1) is 0 Å². The average molecular weight is 306 g/mol. The third kappa shape index (κ3) is 2.04. The van der Waals surface area contributed by atoms with E-state index >= 15 is 0 Å². The molecule has 2 amide bonds. The van der Waals surface area contributed by atoms with Crippen molar-refractivity contribution in [2.75, 3.05) is 7.05 Å². The van der Waals surface area contributed by atoms with E-state index in [1.807, 2.05) is 0 Å². The Morgan fingerprint density at radius 1 is 1.32 bits per heavy atom. The van der Waals surface area contributed by atoms with E-state index in [1.165, 1.54) is 24.1 Å². The van der Waals surface area contributed by atoms with Crippen LogP contribution in [0.2, 0.25) is 0 Å². The number of rotatable bonds is 2. The van der Waals surface area contributed by atoms with Gasteiger partial charge in [-0.2, -0.15) is 0 Å². The number of guanidine groups is 1. The average Bonchev–Trinajstić information content (AvgIpc) is 2.43. The molecule has 0 unspecified atom stereocenters. The molecular formula is C15H19FN4O2. The number of carbonyl (C=O) groups excluding carboxylic acids is 2. The summed E-state index contributed by atoms with van der Waals surface area (Å²) in [5, 5.41) is 0. The lowest BCUT2D eigenvalue weighted by Gasteiger charge is -2.46. The van der Waals surface area contributed by atoms with Gasteiger partial charge in [-0.05, 0) is 39.0 Å². The molecule has 0 aliphatic carbocycles. The van der Waals surface area contributed by atoms with E-state index in [4.69, 9.17) is 11.5 Å². The molecule has 1 aromatic rings. The molecule has 0 saturated carbocycles. The molecule has 0 bridgehead atoms. The lowest BCUT2D eigenvalue weighted by atomic mass is 9.67. The Morgan fingerprint density at radius 3 is 2.45 bits per heavy atom. The summed E-state index contributed by atoms with van der Waals surface area (Å²) in [5.74, 6) is -1.55. The molecule has 1 aliphatic heterocycles. The molecule has 7 heteroatoms. The van der Waals surface area contributed by atoms with Gasteiger partial charge in [0.1, 0.15) is 11.4 Å². The summed E-state index contributed by atoms with van der Waals surface area (Å²) in [7, 11) is 1.51. The summed E-state index contributed by atoms with van der Waals surface area (Å²) in [4.78, 5) is 29.5. The van der Waals surface area contributed by atoms with Crippen LogP contribution >= 0.6 is 0 Å². The van der Waals surface area contributed by atoms with E-state index in [9.17, 15) is 14.0 Å². The van der Waals surface area contributed by atoms with E-state index in [2.05, 4.69) is 4.99 Å². The van der Waals surface area contributed by atoms with Crippen molar-refractivity contribution in [2.45, 2.75) is 26.3 Å². The predicted octanol–water partition coefficient (Wildman–Crippen LogP) is 0.953. The zero-order chi connectivity index (χ0) is 16.9. The molecule has 1 aliphatic rings. The standard InChI is InChI=1S/C15H19FN4O2/c1-14(2)12(22)20(4)13(18)19-15(14,3)9-7-8(11(17)21)5-6-10(9)16/h5-7H,1-4H3,(H2,17,21)(H2,18,19)/t15-/m0/s1. The van der Waals surface area contributed by atoms with Crippen LogP contribution in [0, 0.1) is 11.2 Å². The highest BCUT2D eigenvalue weighted by Gasteiger charge is 2.53. The van der Waals surface area contributed by atoms with Crippen molar-refractivity contribution in [2.24, 2.45) is 21.9 Å². The summed E-state index contributed by atoms with van der Waals surface area (Å²) in [6, 6.07) is 3.77. The maximum atomic E-state index is 14.4. The zero-order valence-corrected chi connectivity index (χ0v) is 13.0. The van der Waals surface area contributed by atoms with E-state index in [1.54, 1.807) is 20.8 Å². The van der Waals surface area contributed by atoms with E-state index in [0.29, 0.717) is 0 Å². The van der Waals surface area contributed by atoms with Crippen LogP contribution in [0.1, 0.15) is 36.7 Å². The molecule has 0 saturated heterocycles. The maximum absolute atomic E-state index is 14.4. The Labute approximate surface area is 128 Å². The molecular weight excluding hydrogens is 287 g/mol. The van der Waals surface area contributed by atoms with E-state index < -0.39 is 22.7 Å². The van der Waals surface area contributed by atoms with Gasteiger partial charge in [0.25, 0.3) is 0 Å². The molecule has 22 heavy (non-hydrogen) atoms. The van der Waals surface area contributed by atoms with Crippen LogP contribution in [0.3, 0.4) is 0 Å². The number of nitrogens with two attached hydrogens (primary N) is 2. The molecule has 2 rings (SSSR count). The van der Waals surface area contributed by atoms with Crippen LogP contribution in [-0.4, -0.2) is 29.7 Å². The Bertz CT molecular complexity index is 699. The molecule has 0 radical (unpaired) electrons. The first-order valence-corrected chi connectivity index (χ1v) is 6.75. The molecule has 0 aromatic heterocycles. The van der Waals surface area contributed by atoms with Crippen LogP contribution < -0.4 is 11.5 Å². The number of benzene rings is 1. The molecule has 1 heterocycles. The van der Waals surface area contributed by atoms with Crippen molar-refractivity contribution in [1.29, 1.82) is 0 Å². The number of hydrogen-bond acceptors (Lipinski definition) is 4. The summed E-state index contributed by atoms with van der Waals surface area (Å²) in [6.45, 7) is 4.95. The summed E-state index contributed by atoms with van der Waals surface area (Å²) in [6.07, 6.45) is 0. The third-order valence-corrected chi connectivity index (χ3v) is 4.51. The van der Waals surface area contributed by atoms with E-state index in [-0.39, 0.29) is 23.0 Å². The fraction of sp³-hybridized carbons (Fsp3) is 0.400. The van der Waals surface area contributed by atoms with E-state index in [0.717, 1.165) is 6.07 Å². The Morgan fingerprint density at radius 2 is 1.91 bits per heavy atom. The fourth-order valence-corrected chi connectivity index (χ4v) is 2.62. The predicted molar refractivity (Wildman–Crippen MR) is 80.4 cm³/mol. The van der Waals surface area contributed by atoms with Gasteiger partial charge in [0.15, 0.2) is 5.96 Å².